The number of hydrogen-bond donors (Lipinski definition) is 0. The summed E-state index contributed by atoms with van der Waals surface area (Å²) >= 11 is 0. The average molecular weight is 238 g/mol. The van der Waals surface area contributed by atoms with Gasteiger partial charge in [0.1, 0.15) is 11.2 Å². The molecule has 0 N–H and O–H groups in total. The summed E-state index contributed by atoms with van der Waals surface area (Å²) in [6.45, 7) is 5.40. The standard InChI is InChI=1S/C12H14O3S/c1-3-4-5-10-15-16(13,14)12-8-6-11(2)7-9-12/h3,5-10H,1,4H2,2H3/b10-5+. The normalized spacial score (nSPS) is 11.6. The van der Waals surface area contributed by atoms with Crippen LogP contribution in [0, 0.1) is 6.92 Å². The van der Waals surface area contributed by atoms with Crippen molar-refractivity contribution in [1.82, 2.24) is 0 Å². The van der Waals surface area contributed by atoms with Gasteiger partial charge in [-0.15, -0.1) is 6.58 Å². The summed E-state index contributed by atoms with van der Waals surface area (Å²) in [5.41, 5.74) is 1.00. The largest absolute Gasteiger partial charge is 0.387 e. The summed E-state index contributed by atoms with van der Waals surface area (Å²) < 4.78 is 27.9. The Labute approximate surface area is 96.2 Å². The molecule has 0 spiro atoms. The molecule has 0 bridgehead atoms. The molecule has 1 rings (SSSR count). The fourth-order valence-electron chi connectivity index (χ4n) is 1.02. The van der Waals surface area contributed by atoms with E-state index in [1.54, 1.807) is 24.3 Å². The van der Waals surface area contributed by atoms with E-state index < -0.39 is 10.1 Å². The maximum Gasteiger partial charge on any atom is 0.338 e. The zero-order chi connectivity index (χ0) is 12.0. The molecule has 0 amide bonds. The molecule has 86 valence electrons. The molecular formula is C12H14O3S. The van der Waals surface area contributed by atoms with E-state index in [2.05, 4.69) is 6.58 Å². The molecule has 0 unspecified atom stereocenters. The quantitative estimate of drug-likeness (QED) is 0.450. The Morgan fingerprint density at radius 3 is 2.50 bits per heavy atom. The first-order valence-electron chi connectivity index (χ1n) is 4.82. The predicted molar refractivity (Wildman–Crippen MR) is 63.4 cm³/mol. The highest BCUT2D eigenvalue weighted by Crippen LogP contribution is 2.13. The zero-order valence-electron chi connectivity index (χ0n) is 9.09. The maximum absolute atomic E-state index is 11.6. The molecule has 0 aliphatic heterocycles. The van der Waals surface area contributed by atoms with Crippen molar-refractivity contribution in [1.29, 1.82) is 0 Å². The fraction of sp³-hybridized carbons (Fsp3) is 0.167. The van der Waals surface area contributed by atoms with E-state index in [4.69, 9.17) is 4.18 Å². The van der Waals surface area contributed by atoms with Gasteiger partial charge in [0.25, 0.3) is 0 Å². The van der Waals surface area contributed by atoms with E-state index in [0.29, 0.717) is 6.42 Å². The predicted octanol–water partition coefficient (Wildman–Crippen LogP) is 2.79. The third-order valence-electron chi connectivity index (χ3n) is 1.89. The molecule has 0 heterocycles. The van der Waals surface area contributed by atoms with E-state index in [1.807, 2.05) is 6.92 Å². The third-order valence-corrected chi connectivity index (χ3v) is 3.10. The average Bonchev–Trinajstić information content (AvgIpc) is 2.25. The SMILES string of the molecule is C=CC/C=C/OS(=O)(=O)c1ccc(C)cc1. The highest BCUT2D eigenvalue weighted by molar-refractivity contribution is 7.86. The van der Waals surface area contributed by atoms with Gasteiger partial charge in [-0.25, -0.2) is 0 Å². The Morgan fingerprint density at radius 2 is 1.94 bits per heavy atom. The van der Waals surface area contributed by atoms with Gasteiger partial charge in [-0.3, -0.25) is 0 Å². The minimum atomic E-state index is -3.68. The second-order valence-corrected chi connectivity index (χ2v) is 4.83. The maximum atomic E-state index is 11.6. The van der Waals surface area contributed by atoms with Crippen LogP contribution in [-0.2, 0) is 14.3 Å². The van der Waals surface area contributed by atoms with Gasteiger partial charge in [0.15, 0.2) is 0 Å². The minimum Gasteiger partial charge on any atom is -0.387 e. The third kappa shape index (κ3) is 3.55. The van der Waals surface area contributed by atoms with Crippen LogP contribution < -0.4 is 0 Å². The van der Waals surface area contributed by atoms with Crippen LogP contribution in [0.25, 0.3) is 0 Å². The summed E-state index contributed by atoms with van der Waals surface area (Å²) in [4.78, 5) is 0.154. The number of hydrogen-bond acceptors (Lipinski definition) is 3. The van der Waals surface area contributed by atoms with Gasteiger partial charge in [-0.1, -0.05) is 23.8 Å². The van der Waals surface area contributed by atoms with Gasteiger partial charge in [0.2, 0.25) is 0 Å². The van der Waals surface area contributed by atoms with Crippen LogP contribution >= 0.6 is 0 Å². The molecule has 1 aromatic rings. The van der Waals surface area contributed by atoms with Crippen molar-refractivity contribution in [3.05, 3.63) is 54.8 Å². The van der Waals surface area contributed by atoms with Gasteiger partial charge in [0, 0.05) is 0 Å². The van der Waals surface area contributed by atoms with Crippen LogP contribution in [0.5, 0.6) is 0 Å². The molecule has 0 saturated heterocycles. The van der Waals surface area contributed by atoms with Gasteiger partial charge in [-0.05, 0) is 31.6 Å². The Bertz CT molecular complexity index is 469. The van der Waals surface area contributed by atoms with Crippen molar-refractivity contribution in [3.8, 4) is 0 Å². The van der Waals surface area contributed by atoms with Gasteiger partial charge in [-0.2, -0.15) is 8.42 Å². The number of allylic oxidation sites excluding steroid dienone is 2. The van der Waals surface area contributed by atoms with E-state index >= 15 is 0 Å². The molecule has 0 saturated carbocycles. The van der Waals surface area contributed by atoms with Crippen molar-refractivity contribution >= 4 is 10.1 Å². The van der Waals surface area contributed by atoms with E-state index in [9.17, 15) is 8.42 Å². The molecule has 0 atom stereocenters. The summed E-state index contributed by atoms with van der Waals surface area (Å²) in [6, 6.07) is 6.49. The van der Waals surface area contributed by atoms with Crippen LogP contribution in [0.2, 0.25) is 0 Å². The molecule has 0 aliphatic carbocycles. The first-order chi connectivity index (χ1) is 7.56. The first kappa shape index (κ1) is 12.5. The Morgan fingerprint density at radius 1 is 1.31 bits per heavy atom. The molecular weight excluding hydrogens is 224 g/mol. The molecule has 4 heteroatoms. The van der Waals surface area contributed by atoms with E-state index in [-0.39, 0.29) is 4.90 Å². The molecule has 0 fully saturated rings. The number of benzene rings is 1. The number of aryl methyl sites for hydroxylation is 1. The van der Waals surface area contributed by atoms with Crippen LogP contribution in [0.4, 0.5) is 0 Å². The van der Waals surface area contributed by atoms with Crippen LogP contribution in [0.3, 0.4) is 0 Å². The molecule has 1 aromatic carbocycles. The Balaban J connectivity index is 2.78. The summed E-state index contributed by atoms with van der Waals surface area (Å²) in [5.74, 6) is 0. The molecule has 0 aliphatic rings. The smallest absolute Gasteiger partial charge is 0.338 e. The van der Waals surface area contributed by atoms with Crippen LogP contribution in [0.15, 0.2) is 54.2 Å². The van der Waals surface area contributed by atoms with Crippen LogP contribution in [0.1, 0.15) is 12.0 Å². The van der Waals surface area contributed by atoms with Crippen LogP contribution in [-0.4, -0.2) is 8.42 Å². The van der Waals surface area contributed by atoms with Gasteiger partial charge < -0.3 is 4.18 Å². The minimum absolute atomic E-state index is 0.154. The summed E-state index contributed by atoms with van der Waals surface area (Å²) in [7, 11) is -3.68. The van der Waals surface area contributed by atoms with E-state index in [1.165, 1.54) is 12.1 Å². The molecule has 16 heavy (non-hydrogen) atoms. The molecule has 0 aromatic heterocycles. The van der Waals surface area contributed by atoms with Crippen molar-refractivity contribution in [2.24, 2.45) is 0 Å². The lowest BCUT2D eigenvalue weighted by molar-refractivity contribution is 0.442. The highest BCUT2D eigenvalue weighted by atomic mass is 32.2. The zero-order valence-corrected chi connectivity index (χ0v) is 9.91. The summed E-state index contributed by atoms with van der Waals surface area (Å²) in [6.07, 6.45) is 4.97. The topological polar surface area (TPSA) is 43.4 Å². The Kier molecular flexibility index (Phi) is 4.31. The van der Waals surface area contributed by atoms with Crippen molar-refractivity contribution in [2.45, 2.75) is 18.2 Å². The number of rotatable bonds is 5. The van der Waals surface area contributed by atoms with E-state index in [0.717, 1.165) is 11.8 Å². The molecule has 3 nitrogen and oxygen atoms in total. The van der Waals surface area contributed by atoms with Crippen molar-refractivity contribution in [2.75, 3.05) is 0 Å². The first-order valence-corrected chi connectivity index (χ1v) is 6.23. The lowest BCUT2D eigenvalue weighted by atomic mass is 10.2. The van der Waals surface area contributed by atoms with Crippen molar-refractivity contribution < 1.29 is 12.6 Å². The fourth-order valence-corrected chi connectivity index (χ4v) is 1.83. The summed E-state index contributed by atoms with van der Waals surface area (Å²) in [5, 5.41) is 0. The second kappa shape index (κ2) is 5.51. The molecule has 0 radical (unpaired) electrons. The lowest BCUT2D eigenvalue weighted by Gasteiger charge is -2.02. The highest BCUT2D eigenvalue weighted by Gasteiger charge is 2.12. The van der Waals surface area contributed by atoms with Gasteiger partial charge in [0.05, 0.1) is 0 Å². The monoisotopic (exact) mass is 238 g/mol. The second-order valence-electron chi connectivity index (χ2n) is 3.26. The van der Waals surface area contributed by atoms with Crippen molar-refractivity contribution in [3.63, 3.8) is 0 Å². The van der Waals surface area contributed by atoms with Gasteiger partial charge >= 0.3 is 10.1 Å². The Hall–Kier alpha value is -1.55. The lowest BCUT2D eigenvalue weighted by Crippen LogP contribution is -2.01.